The van der Waals surface area contributed by atoms with E-state index < -0.39 is 5.60 Å². The summed E-state index contributed by atoms with van der Waals surface area (Å²) in [5.74, 6) is 0.689. The van der Waals surface area contributed by atoms with Gasteiger partial charge in [-0.2, -0.15) is 0 Å². The Morgan fingerprint density at radius 2 is 2.00 bits per heavy atom. The predicted molar refractivity (Wildman–Crippen MR) is 70.6 cm³/mol. The zero-order valence-corrected chi connectivity index (χ0v) is 11.1. The molecule has 1 heterocycles. The number of hydrogen-bond donors (Lipinski definition) is 2. The van der Waals surface area contributed by atoms with Crippen molar-refractivity contribution in [3.8, 4) is 5.75 Å². The normalized spacial score (nSPS) is 28.6. The van der Waals surface area contributed by atoms with Crippen LogP contribution in [0.5, 0.6) is 5.75 Å². The largest absolute Gasteiger partial charge is 0.508 e. The van der Waals surface area contributed by atoms with Gasteiger partial charge in [0, 0.05) is 19.4 Å². The summed E-state index contributed by atoms with van der Waals surface area (Å²) in [7, 11) is 0. The van der Waals surface area contributed by atoms with Crippen LogP contribution < -0.4 is 0 Å². The summed E-state index contributed by atoms with van der Waals surface area (Å²) in [5, 5.41) is 19.9. The molecule has 0 aromatic heterocycles. The Bertz CT molecular complexity index is 385. The van der Waals surface area contributed by atoms with Crippen molar-refractivity contribution >= 4 is 0 Å². The maximum Gasteiger partial charge on any atom is 0.115 e. The summed E-state index contributed by atoms with van der Waals surface area (Å²) in [6.45, 7) is 4.87. The van der Waals surface area contributed by atoms with Crippen molar-refractivity contribution in [2.45, 2.75) is 44.8 Å². The third-order valence-corrected chi connectivity index (χ3v) is 3.69. The second kappa shape index (κ2) is 5.29. The Morgan fingerprint density at radius 1 is 1.33 bits per heavy atom. The lowest BCUT2D eigenvalue weighted by molar-refractivity contribution is -0.116. The molecule has 2 atom stereocenters. The quantitative estimate of drug-likeness (QED) is 0.866. The maximum absolute atomic E-state index is 10.7. The molecule has 3 heteroatoms. The third-order valence-electron chi connectivity index (χ3n) is 3.69. The van der Waals surface area contributed by atoms with Crippen LogP contribution in [-0.4, -0.2) is 28.5 Å². The van der Waals surface area contributed by atoms with Crippen LogP contribution in [0.2, 0.25) is 0 Å². The molecule has 0 amide bonds. The van der Waals surface area contributed by atoms with E-state index >= 15 is 0 Å². The Morgan fingerprint density at radius 3 is 2.61 bits per heavy atom. The summed E-state index contributed by atoms with van der Waals surface area (Å²) >= 11 is 0. The lowest BCUT2D eigenvalue weighted by Gasteiger charge is -2.38. The number of hydrogen-bond acceptors (Lipinski definition) is 3. The molecule has 0 radical (unpaired) electrons. The van der Waals surface area contributed by atoms with Gasteiger partial charge >= 0.3 is 0 Å². The van der Waals surface area contributed by atoms with Gasteiger partial charge in [-0.15, -0.1) is 0 Å². The van der Waals surface area contributed by atoms with E-state index in [1.54, 1.807) is 12.1 Å². The molecule has 1 aromatic rings. The van der Waals surface area contributed by atoms with Crippen molar-refractivity contribution in [3.05, 3.63) is 29.8 Å². The van der Waals surface area contributed by atoms with Crippen molar-refractivity contribution in [3.63, 3.8) is 0 Å². The Kier molecular flexibility index (Phi) is 3.93. The van der Waals surface area contributed by atoms with E-state index in [4.69, 9.17) is 4.74 Å². The summed E-state index contributed by atoms with van der Waals surface area (Å²) < 4.78 is 5.69. The minimum absolute atomic E-state index is 0.140. The van der Waals surface area contributed by atoms with Crippen molar-refractivity contribution in [2.24, 2.45) is 5.92 Å². The first-order valence-electron chi connectivity index (χ1n) is 6.60. The average Bonchev–Trinajstić information content (AvgIpc) is 2.32. The van der Waals surface area contributed by atoms with Crippen molar-refractivity contribution in [1.82, 2.24) is 0 Å². The van der Waals surface area contributed by atoms with Crippen molar-refractivity contribution in [1.29, 1.82) is 0 Å². The number of benzene rings is 1. The van der Waals surface area contributed by atoms with Gasteiger partial charge in [0.05, 0.1) is 11.7 Å². The number of aromatic hydroxyl groups is 1. The molecule has 0 saturated carbocycles. The number of phenolic OH excluding ortho intramolecular Hbond substituents is 1. The van der Waals surface area contributed by atoms with Crippen LogP contribution in [0.15, 0.2) is 24.3 Å². The number of phenols is 1. The zero-order valence-electron chi connectivity index (χ0n) is 11.1. The lowest BCUT2D eigenvalue weighted by atomic mass is 9.82. The average molecular weight is 250 g/mol. The molecule has 2 rings (SSSR count). The van der Waals surface area contributed by atoms with E-state index in [0.717, 1.165) is 5.56 Å². The molecule has 1 fully saturated rings. The van der Waals surface area contributed by atoms with Crippen molar-refractivity contribution < 1.29 is 14.9 Å². The molecule has 0 bridgehead atoms. The first-order chi connectivity index (χ1) is 8.48. The third kappa shape index (κ3) is 3.24. The summed E-state index contributed by atoms with van der Waals surface area (Å²) in [4.78, 5) is 0. The van der Waals surface area contributed by atoms with Crippen LogP contribution in [0.25, 0.3) is 0 Å². The van der Waals surface area contributed by atoms with Gasteiger partial charge in [-0.1, -0.05) is 26.0 Å². The highest BCUT2D eigenvalue weighted by atomic mass is 16.5. The molecule has 1 saturated heterocycles. The first kappa shape index (κ1) is 13.4. The maximum atomic E-state index is 10.7. The lowest BCUT2D eigenvalue weighted by Crippen LogP contribution is -2.44. The number of rotatable bonds is 3. The van der Waals surface area contributed by atoms with E-state index in [0.29, 0.717) is 31.8 Å². The minimum atomic E-state index is -0.676. The number of ether oxygens (including phenoxy) is 1. The second-order valence-electron chi connectivity index (χ2n) is 5.67. The monoisotopic (exact) mass is 250 g/mol. The van der Waals surface area contributed by atoms with E-state index in [1.807, 2.05) is 12.1 Å². The van der Waals surface area contributed by atoms with E-state index in [1.165, 1.54) is 0 Å². The molecular formula is C15H22O3. The highest BCUT2D eigenvalue weighted by molar-refractivity contribution is 5.27. The summed E-state index contributed by atoms with van der Waals surface area (Å²) in [5.41, 5.74) is 0.379. The molecule has 2 unspecified atom stereocenters. The summed E-state index contributed by atoms with van der Waals surface area (Å²) in [6, 6.07) is 7.07. The molecule has 3 nitrogen and oxygen atoms in total. The van der Waals surface area contributed by atoms with Gasteiger partial charge < -0.3 is 14.9 Å². The topological polar surface area (TPSA) is 49.7 Å². The zero-order chi connectivity index (χ0) is 13.2. The van der Waals surface area contributed by atoms with Crippen LogP contribution in [0.1, 0.15) is 32.3 Å². The fourth-order valence-corrected chi connectivity index (χ4v) is 2.52. The van der Waals surface area contributed by atoms with Crippen LogP contribution in [0, 0.1) is 5.92 Å². The van der Waals surface area contributed by atoms with Gasteiger partial charge in [0.25, 0.3) is 0 Å². The van der Waals surface area contributed by atoms with Gasteiger partial charge in [0.2, 0.25) is 0 Å². The fourth-order valence-electron chi connectivity index (χ4n) is 2.52. The molecule has 1 aromatic carbocycles. The number of aliphatic hydroxyl groups is 1. The van der Waals surface area contributed by atoms with E-state index in [9.17, 15) is 10.2 Å². The second-order valence-corrected chi connectivity index (χ2v) is 5.67. The molecular weight excluding hydrogens is 228 g/mol. The van der Waals surface area contributed by atoms with Gasteiger partial charge in [-0.25, -0.2) is 0 Å². The highest BCUT2D eigenvalue weighted by Crippen LogP contribution is 2.31. The molecule has 1 aliphatic heterocycles. The molecule has 2 N–H and O–H groups in total. The van der Waals surface area contributed by atoms with Gasteiger partial charge in [0.15, 0.2) is 0 Å². The molecule has 18 heavy (non-hydrogen) atoms. The first-order valence-corrected chi connectivity index (χ1v) is 6.60. The summed E-state index contributed by atoms with van der Waals surface area (Å²) in [6.07, 6.45) is 2.13. The standard InChI is InChI=1S/C15H22O3/c1-11(2)14-10-15(17,7-8-18-14)9-12-3-5-13(16)6-4-12/h3-6,11,14,16-17H,7-10H2,1-2H3. The predicted octanol–water partition coefficient (Wildman–Crippen LogP) is 2.50. The van der Waals surface area contributed by atoms with Gasteiger partial charge in [0.1, 0.15) is 5.75 Å². The minimum Gasteiger partial charge on any atom is -0.508 e. The molecule has 0 spiro atoms. The molecule has 0 aliphatic carbocycles. The highest BCUT2D eigenvalue weighted by Gasteiger charge is 2.36. The van der Waals surface area contributed by atoms with Crippen molar-refractivity contribution in [2.75, 3.05) is 6.61 Å². The Balaban J connectivity index is 2.04. The van der Waals surface area contributed by atoms with Crippen LogP contribution in [0.3, 0.4) is 0 Å². The van der Waals surface area contributed by atoms with Gasteiger partial charge in [-0.05, 0) is 30.0 Å². The van der Waals surface area contributed by atoms with Crippen LogP contribution >= 0.6 is 0 Å². The smallest absolute Gasteiger partial charge is 0.115 e. The fraction of sp³-hybridized carbons (Fsp3) is 0.600. The van der Waals surface area contributed by atoms with Gasteiger partial charge in [-0.3, -0.25) is 0 Å². The van der Waals surface area contributed by atoms with E-state index in [2.05, 4.69) is 13.8 Å². The SMILES string of the molecule is CC(C)C1CC(O)(Cc2ccc(O)cc2)CCO1. The molecule has 100 valence electrons. The Labute approximate surface area is 108 Å². The molecule has 1 aliphatic rings. The Hall–Kier alpha value is -1.06. The van der Waals surface area contributed by atoms with Crippen LogP contribution in [0.4, 0.5) is 0 Å². The van der Waals surface area contributed by atoms with E-state index in [-0.39, 0.29) is 11.9 Å². The van der Waals surface area contributed by atoms with Crippen LogP contribution in [-0.2, 0) is 11.2 Å².